The Bertz CT molecular complexity index is 616. The lowest BCUT2D eigenvalue weighted by atomic mass is 9.97. The van der Waals surface area contributed by atoms with E-state index in [0.29, 0.717) is 5.92 Å². The molecule has 0 spiro atoms. The Hall–Kier alpha value is -1.96. The van der Waals surface area contributed by atoms with E-state index in [2.05, 4.69) is 51.1 Å². The molecule has 25 heavy (non-hydrogen) atoms. The molecule has 0 aliphatic rings. The van der Waals surface area contributed by atoms with E-state index in [0.717, 1.165) is 41.6 Å². The maximum absolute atomic E-state index is 6.11. The Morgan fingerprint density at radius 1 is 0.840 bits per heavy atom. The van der Waals surface area contributed by atoms with Crippen LogP contribution in [-0.2, 0) is 0 Å². The van der Waals surface area contributed by atoms with Crippen molar-refractivity contribution in [1.82, 2.24) is 0 Å². The molecule has 0 amide bonds. The van der Waals surface area contributed by atoms with Crippen LogP contribution in [0.3, 0.4) is 0 Å². The van der Waals surface area contributed by atoms with E-state index in [9.17, 15) is 0 Å². The maximum atomic E-state index is 6.11. The van der Waals surface area contributed by atoms with Crippen LogP contribution in [0.25, 0.3) is 11.1 Å². The number of rotatable bonds is 10. The highest BCUT2D eigenvalue weighted by atomic mass is 16.5. The van der Waals surface area contributed by atoms with Crippen molar-refractivity contribution in [3.63, 3.8) is 0 Å². The molecule has 136 valence electrons. The highest BCUT2D eigenvalue weighted by Crippen LogP contribution is 2.31. The molecule has 0 aromatic heterocycles. The van der Waals surface area contributed by atoms with Gasteiger partial charge in [0.15, 0.2) is 0 Å². The monoisotopic (exact) mass is 340 g/mol. The fraction of sp³-hybridized carbons (Fsp3) is 0.478. The van der Waals surface area contributed by atoms with Crippen molar-refractivity contribution in [2.24, 2.45) is 11.8 Å². The highest BCUT2D eigenvalue weighted by molar-refractivity contribution is 5.70. The van der Waals surface area contributed by atoms with E-state index < -0.39 is 0 Å². The first-order valence-electron chi connectivity index (χ1n) is 9.46. The minimum absolute atomic E-state index is 0.715. The quantitative estimate of drug-likeness (QED) is 0.485. The van der Waals surface area contributed by atoms with Gasteiger partial charge in [-0.3, -0.25) is 0 Å². The number of hydrogen-bond donors (Lipinski definition) is 0. The Morgan fingerprint density at radius 2 is 1.56 bits per heavy atom. The van der Waals surface area contributed by atoms with Crippen molar-refractivity contribution in [3.8, 4) is 22.6 Å². The molecule has 1 unspecified atom stereocenters. The lowest BCUT2D eigenvalue weighted by Gasteiger charge is -2.15. The molecule has 2 heteroatoms. The van der Waals surface area contributed by atoms with Crippen LogP contribution in [0.2, 0.25) is 0 Å². The number of para-hydroxylation sites is 1. The first-order valence-corrected chi connectivity index (χ1v) is 9.46. The molecule has 0 N–H and O–H groups in total. The van der Waals surface area contributed by atoms with Gasteiger partial charge in [0.2, 0.25) is 0 Å². The van der Waals surface area contributed by atoms with Crippen molar-refractivity contribution in [1.29, 1.82) is 0 Å². The van der Waals surface area contributed by atoms with Gasteiger partial charge in [-0.2, -0.15) is 0 Å². The Labute approximate surface area is 153 Å². The van der Waals surface area contributed by atoms with Crippen LogP contribution >= 0.6 is 0 Å². The van der Waals surface area contributed by atoms with Crippen LogP contribution in [0.1, 0.15) is 46.5 Å². The van der Waals surface area contributed by atoms with Gasteiger partial charge in [-0.1, -0.05) is 70.4 Å². The number of ether oxygens (including phenoxy) is 2. The molecule has 1 atom stereocenters. The van der Waals surface area contributed by atoms with Crippen molar-refractivity contribution >= 4 is 0 Å². The largest absolute Gasteiger partial charge is 0.497 e. The number of methoxy groups -OCH3 is 1. The minimum Gasteiger partial charge on any atom is -0.497 e. The molecule has 0 fully saturated rings. The number of benzene rings is 2. The van der Waals surface area contributed by atoms with Crippen LogP contribution in [-0.4, -0.2) is 13.7 Å². The fourth-order valence-corrected chi connectivity index (χ4v) is 2.99. The third-order valence-corrected chi connectivity index (χ3v) is 4.63. The Balaban J connectivity index is 1.90. The van der Waals surface area contributed by atoms with Gasteiger partial charge in [0, 0.05) is 5.56 Å². The van der Waals surface area contributed by atoms with E-state index in [-0.39, 0.29) is 0 Å². The van der Waals surface area contributed by atoms with Crippen molar-refractivity contribution in [2.75, 3.05) is 13.7 Å². The molecule has 2 aromatic rings. The number of hydrogen-bond acceptors (Lipinski definition) is 2. The third kappa shape index (κ3) is 6.45. The predicted molar refractivity (Wildman–Crippen MR) is 106 cm³/mol. The zero-order chi connectivity index (χ0) is 18.1. The van der Waals surface area contributed by atoms with E-state index in [1.165, 1.54) is 19.3 Å². The summed E-state index contributed by atoms with van der Waals surface area (Å²) in [5.74, 6) is 3.35. The molecule has 0 saturated carbocycles. The summed E-state index contributed by atoms with van der Waals surface area (Å²) in [6.07, 6.45) is 5.05. The van der Waals surface area contributed by atoms with E-state index in [1.54, 1.807) is 7.11 Å². The molecule has 2 nitrogen and oxygen atoms in total. The molecule has 0 aliphatic carbocycles. The zero-order valence-corrected chi connectivity index (χ0v) is 16.1. The van der Waals surface area contributed by atoms with Crippen LogP contribution < -0.4 is 9.47 Å². The van der Waals surface area contributed by atoms with Gasteiger partial charge in [-0.05, 0) is 42.0 Å². The second-order valence-corrected chi connectivity index (χ2v) is 7.29. The molecule has 2 aromatic carbocycles. The van der Waals surface area contributed by atoms with E-state index >= 15 is 0 Å². The zero-order valence-electron chi connectivity index (χ0n) is 16.1. The molecule has 0 bridgehead atoms. The summed E-state index contributed by atoms with van der Waals surface area (Å²) in [6.45, 7) is 7.70. The summed E-state index contributed by atoms with van der Waals surface area (Å²) >= 11 is 0. The first kappa shape index (κ1) is 19.4. The second-order valence-electron chi connectivity index (χ2n) is 7.29. The maximum Gasteiger partial charge on any atom is 0.127 e. The lowest BCUT2D eigenvalue weighted by Crippen LogP contribution is -2.05. The van der Waals surface area contributed by atoms with Crippen LogP contribution in [0.5, 0.6) is 11.5 Å². The minimum atomic E-state index is 0.715. The smallest absolute Gasteiger partial charge is 0.127 e. The van der Waals surface area contributed by atoms with E-state index in [1.807, 2.05) is 18.2 Å². The van der Waals surface area contributed by atoms with Gasteiger partial charge in [0.1, 0.15) is 11.5 Å². The summed E-state index contributed by atoms with van der Waals surface area (Å²) in [5.41, 5.74) is 2.29. The highest BCUT2D eigenvalue weighted by Gasteiger charge is 2.08. The normalized spacial score (nSPS) is 12.2. The summed E-state index contributed by atoms with van der Waals surface area (Å²) in [5, 5.41) is 0. The molecule has 0 saturated heterocycles. The summed E-state index contributed by atoms with van der Waals surface area (Å²) in [4.78, 5) is 0. The first-order chi connectivity index (χ1) is 12.1. The van der Waals surface area contributed by atoms with Gasteiger partial charge in [0.25, 0.3) is 0 Å². The second kappa shape index (κ2) is 10.1. The van der Waals surface area contributed by atoms with Crippen molar-refractivity contribution in [3.05, 3.63) is 48.5 Å². The van der Waals surface area contributed by atoms with Gasteiger partial charge >= 0.3 is 0 Å². The average Bonchev–Trinajstić information content (AvgIpc) is 2.62. The molecular weight excluding hydrogens is 308 g/mol. The van der Waals surface area contributed by atoms with Gasteiger partial charge in [-0.25, -0.2) is 0 Å². The van der Waals surface area contributed by atoms with Crippen LogP contribution in [0.15, 0.2) is 48.5 Å². The van der Waals surface area contributed by atoms with Crippen molar-refractivity contribution < 1.29 is 9.47 Å². The molecule has 2 rings (SSSR count). The van der Waals surface area contributed by atoms with Gasteiger partial charge in [-0.15, -0.1) is 0 Å². The lowest BCUT2D eigenvalue weighted by molar-refractivity contribution is 0.276. The summed E-state index contributed by atoms with van der Waals surface area (Å²) in [7, 11) is 1.69. The third-order valence-electron chi connectivity index (χ3n) is 4.63. The predicted octanol–water partition coefficient (Wildman–Crippen LogP) is 6.59. The molecule has 0 aliphatic heterocycles. The summed E-state index contributed by atoms with van der Waals surface area (Å²) in [6, 6.07) is 16.4. The van der Waals surface area contributed by atoms with Gasteiger partial charge < -0.3 is 9.47 Å². The standard InChI is InChI=1S/C23H32O2/c1-18(2)8-7-9-19(3)16-17-25-23-11-6-5-10-22(23)20-12-14-21(24-4)15-13-20/h5-6,10-15,18-19H,7-9,16-17H2,1-4H3. The topological polar surface area (TPSA) is 18.5 Å². The SMILES string of the molecule is COc1ccc(-c2ccccc2OCCC(C)CCCC(C)C)cc1. The Morgan fingerprint density at radius 3 is 2.24 bits per heavy atom. The fourth-order valence-electron chi connectivity index (χ4n) is 2.99. The van der Waals surface area contributed by atoms with E-state index in [4.69, 9.17) is 9.47 Å². The molecule has 0 radical (unpaired) electrons. The van der Waals surface area contributed by atoms with Gasteiger partial charge in [0.05, 0.1) is 13.7 Å². The van der Waals surface area contributed by atoms with Crippen LogP contribution in [0, 0.1) is 11.8 Å². The Kier molecular flexibility index (Phi) is 7.84. The van der Waals surface area contributed by atoms with Crippen LogP contribution in [0.4, 0.5) is 0 Å². The molecular formula is C23H32O2. The average molecular weight is 341 g/mol. The summed E-state index contributed by atoms with van der Waals surface area (Å²) < 4.78 is 11.4. The van der Waals surface area contributed by atoms with Crippen molar-refractivity contribution in [2.45, 2.75) is 46.5 Å². The molecule has 0 heterocycles.